The van der Waals surface area contributed by atoms with Crippen molar-refractivity contribution in [1.82, 2.24) is 9.97 Å². The predicted molar refractivity (Wildman–Crippen MR) is 68.8 cm³/mol. The number of hydrogen-bond donors (Lipinski definition) is 1. The van der Waals surface area contributed by atoms with Gasteiger partial charge in [-0.15, -0.1) is 0 Å². The number of fused-ring (bicyclic) bond motifs is 1. The first-order valence-corrected chi connectivity index (χ1v) is 5.68. The summed E-state index contributed by atoms with van der Waals surface area (Å²) in [5.74, 6) is 0.0109. The van der Waals surface area contributed by atoms with Crippen molar-refractivity contribution >= 4 is 17.4 Å². The van der Waals surface area contributed by atoms with E-state index in [1.54, 1.807) is 24.3 Å². The summed E-state index contributed by atoms with van der Waals surface area (Å²) in [7, 11) is 0. The number of rotatable bonds is 2. The topological polar surface area (TPSA) is 72.0 Å². The fraction of sp³-hybridized carbons (Fsp3) is 0. The van der Waals surface area contributed by atoms with Crippen molar-refractivity contribution in [3.05, 3.63) is 65.8 Å². The largest absolute Gasteiger partial charge is 0.336 e. The molecule has 0 aliphatic heterocycles. The number of benzene rings is 1. The molecule has 92 valence electrons. The molecule has 5 heteroatoms. The average Bonchev–Trinajstić information content (AvgIpc) is 2.46. The molecule has 0 spiro atoms. The highest BCUT2D eigenvalue weighted by atomic mass is 16.1. The van der Waals surface area contributed by atoms with Crippen molar-refractivity contribution in [2.45, 2.75) is 0 Å². The van der Waals surface area contributed by atoms with E-state index in [-0.39, 0.29) is 17.3 Å². The van der Waals surface area contributed by atoms with Crippen LogP contribution in [0.3, 0.4) is 0 Å². The standard InChI is InChI=1S/C14H9N3O2/c18-12-7-11(17-13-8-15-5-6-16-13)14(19)10-4-2-1-3-9(10)12/h1-8H,(H,16,17). The molecule has 0 bridgehead atoms. The van der Waals surface area contributed by atoms with Gasteiger partial charge in [0.1, 0.15) is 5.82 Å². The molecule has 1 aliphatic carbocycles. The van der Waals surface area contributed by atoms with Gasteiger partial charge in [0.15, 0.2) is 5.78 Å². The predicted octanol–water partition coefficient (Wildman–Crippen LogP) is 1.85. The molecule has 1 N–H and O–H groups in total. The van der Waals surface area contributed by atoms with Crippen LogP contribution < -0.4 is 5.32 Å². The van der Waals surface area contributed by atoms with Gasteiger partial charge in [0.25, 0.3) is 0 Å². The summed E-state index contributed by atoms with van der Waals surface area (Å²) in [6, 6.07) is 6.75. The van der Waals surface area contributed by atoms with Crippen LogP contribution in [0.25, 0.3) is 0 Å². The minimum absolute atomic E-state index is 0.193. The van der Waals surface area contributed by atoms with Crippen molar-refractivity contribution in [3.8, 4) is 0 Å². The zero-order valence-corrected chi connectivity index (χ0v) is 9.83. The smallest absolute Gasteiger partial charge is 0.210 e. The molecule has 1 aromatic carbocycles. The van der Waals surface area contributed by atoms with Gasteiger partial charge in [-0.1, -0.05) is 24.3 Å². The summed E-state index contributed by atoms with van der Waals surface area (Å²) in [5, 5.41) is 2.82. The van der Waals surface area contributed by atoms with Crippen LogP contribution in [-0.4, -0.2) is 21.5 Å². The van der Waals surface area contributed by atoms with Crippen LogP contribution in [0.5, 0.6) is 0 Å². The lowest BCUT2D eigenvalue weighted by molar-refractivity contribution is 0.0985. The molecule has 5 nitrogen and oxygen atoms in total. The monoisotopic (exact) mass is 251 g/mol. The molecule has 0 unspecified atom stereocenters. The first-order chi connectivity index (χ1) is 9.25. The van der Waals surface area contributed by atoms with Gasteiger partial charge in [0, 0.05) is 29.6 Å². The molecule has 0 radical (unpaired) electrons. The van der Waals surface area contributed by atoms with Crippen molar-refractivity contribution < 1.29 is 9.59 Å². The Morgan fingerprint density at radius 2 is 1.79 bits per heavy atom. The third-order valence-corrected chi connectivity index (χ3v) is 2.78. The number of carbonyl (C=O) groups is 2. The number of ketones is 2. The van der Waals surface area contributed by atoms with E-state index in [9.17, 15) is 9.59 Å². The first kappa shape index (κ1) is 11.3. The average molecular weight is 251 g/mol. The van der Waals surface area contributed by atoms with Crippen molar-refractivity contribution in [2.24, 2.45) is 0 Å². The lowest BCUT2D eigenvalue weighted by Crippen LogP contribution is -2.21. The van der Waals surface area contributed by atoms with Crippen molar-refractivity contribution in [1.29, 1.82) is 0 Å². The normalized spacial score (nSPS) is 13.8. The molecule has 1 heterocycles. The third kappa shape index (κ3) is 2.01. The van der Waals surface area contributed by atoms with Gasteiger partial charge in [-0.25, -0.2) is 4.98 Å². The van der Waals surface area contributed by atoms with Crippen LogP contribution in [-0.2, 0) is 0 Å². The summed E-state index contributed by atoms with van der Waals surface area (Å²) in [6.07, 6.45) is 5.81. The summed E-state index contributed by atoms with van der Waals surface area (Å²) >= 11 is 0. The van der Waals surface area contributed by atoms with Gasteiger partial charge < -0.3 is 5.32 Å². The second-order valence-corrected chi connectivity index (χ2v) is 4.01. The number of nitrogens with one attached hydrogen (secondary N) is 1. The Bertz CT molecular complexity index is 693. The highest BCUT2D eigenvalue weighted by Gasteiger charge is 2.25. The van der Waals surface area contributed by atoms with Gasteiger partial charge in [-0.05, 0) is 0 Å². The number of hydrogen-bond acceptors (Lipinski definition) is 5. The highest BCUT2D eigenvalue weighted by molar-refractivity contribution is 6.25. The molecule has 2 aromatic rings. The Kier molecular flexibility index (Phi) is 2.64. The minimum Gasteiger partial charge on any atom is -0.336 e. The Balaban J connectivity index is 1.97. The lowest BCUT2D eigenvalue weighted by Gasteiger charge is -2.15. The third-order valence-electron chi connectivity index (χ3n) is 2.78. The summed E-state index contributed by atoms with van der Waals surface area (Å²) in [5.41, 5.74) is 1.04. The van der Waals surface area contributed by atoms with Gasteiger partial charge in [-0.3, -0.25) is 14.6 Å². The van der Waals surface area contributed by atoms with Gasteiger partial charge in [0.05, 0.1) is 11.9 Å². The van der Waals surface area contributed by atoms with Crippen LogP contribution in [0.15, 0.2) is 54.6 Å². The van der Waals surface area contributed by atoms with Crippen molar-refractivity contribution in [2.75, 3.05) is 5.32 Å². The van der Waals surface area contributed by atoms with Crippen LogP contribution in [0.4, 0.5) is 5.82 Å². The number of allylic oxidation sites excluding steroid dienone is 2. The van der Waals surface area contributed by atoms with E-state index in [0.29, 0.717) is 16.9 Å². The molecule has 0 atom stereocenters. The Labute approximate surface area is 109 Å². The summed E-state index contributed by atoms with van der Waals surface area (Å²) in [6.45, 7) is 0. The molecular weight excluding hydrogens is 242 g/mol. The molecule has 1 aliphatic rings. The number of carbonyl (C=O) groups excluding carboxylic acids is 2. The van der Waals surface area contributed by atoms with Crippen LogP contribution >= 0.6 is 0 Å². The molecule has 0 fully saturated rings. The van der Waals surface area contributed by atoms with E-state index in [1.807, 2.05) is 0 Å². The van der Waals surface area contributed by atoms with E-state index >= 15 is 0 Å². The Morgan fingerprint density at radius 3 is 2.53 bits per heavy atom. The zero-order chi connectivity index (χ0) is 13.2. The number of Topliss-reactive ketones (excluding diaryl/α,β-unsaturated/α-hetero) is 1. The summed E-state index contributed by atoms with van der Waals surface area (Å²) < 4.78 is 0. The fourth-order valence-corrected chi connectivity index (χ4v) is 1.91. The van der Waals surface area contributed by atoms with Gasteiger partial charge >= 0.3 is 0 Å². The van der Waals surface area contributed by atoms with E-state index in [1.165, 1.54) is 24.7 Å². The van der Waals surface area contributed by atoms with Crippen molar-refractivity contribution in [3.63, 3.8) is 0 Å². The number of anilines is 1. The first-order valence-electron chi connectivity index (χ1n) is 5.68. The van der Waals surface area contributed by atoms with Gasteiger partial charge in [0.2, 0.25) is 5.78 Å². The van der Waals surface area contributed by atoms with Crippen LogP contribution in [0, 0.1) is 0 Å². The fourth-order valence-electron chi connectivity index (χ4n) is 1.91. The van der Waals surface area contributed by atoms with Crippen LogP contribution in [0.2, 0.25) is 0 Å². The zero-order valence-electron chi connectivity index (χ0n) is 9.83. The Morgan fingerprint density at radius 1 is 1.00 bits per heavy atom. The SMILES string of the molecule is O=C1C=C(Nc2cnccn2)C(=O)c2ccccc21. The van der Waals surface area contributed by atoms with E-state index < -0.39 is 0 Å². The Hall–Kier alpha value is -2.82. The van der Waals surface area contributed by atoms with Gasteiger partial charge in [-0.2, -0.15) is 0 Å². The second kappa shape index (κ2) is 4.45. The highest BCUT2D eigenvalue weighted by Crippen LogP contribution is 2.21. The molecule has 19 heavy (non-hydrogen) atoms. The summed E-state index contributed by atoms with van der Waals surface area (Å²) in [4.78, 5) is 32.1. The molecular formula is C14H9N3O2. The van der Waals surface area contributed by atoms with Crippen LogP contribution in [0.1, 0.15) is 20.7 Å². The maximum atomic E-state index is 12.2. The second-order valence-electron chi connectivity index (χ2n) is 4.01. The maximum Gasteiger partial charge on any atom is 0.210 e. The van der Waals surface area contributed by atoms with E-state index in [4.69, 9.17) is 0 Å². The molecule has 0 saturated carbocycles. The van der Waals surface area contributed by atoms with E-state index in [2.05, 4.69) is 15.3 Å². The van der Waals surface area contributed by atoms with E-state index in [0.717, 1.165) is 0 Å². The number of aromatic nitrogens is 2. The maximum absolute atomic E-state index is 12.2. The molecule has 0 amide bonds. The quantitative estimate of drug-likeness (QED) is 0.881. The minimum atomic E-state index is -0.221. The lowest BCUT2D eigenvalue weighted by atomic mass is 9.93. The molecule has 1 aromatic heterocycles. The number of nitrogens with zero attached hydrogens (tertiary/aromatic N) is 2. The molecule has 0 saturated heterocycles. The molecule has 3 rings (SSSR count).